The summed E-state index contributed by atoms with van der Waals surface area (Å²) in [6.07, 6.45) is 0.444. The summed E-state index contributed by atoms with van der Waals surface area (Å²) in [4.78, 5) is 23.7. The maximum atomic E-state index is 12.1. The van der Waals surface area contributed by atoms with Crippen molar-refractivity contribution < 1.29 is 19.4 Å². The van der Waals surface area contributed by atoms with Crippen LogP contribution in [0.2, 0.25) is 0 Å². The van der Waals surface area contributed by atoms with Crippen molar-refractivity contribution in [2.75, 3.05) is 11.9 Å². The van der Waals surface area contributed by atoms with Gasteiger partial charge in [-0.3, -0.25) is 9.59 Å². The van der Waals surface area contributed by atoms with E-state index >= 15 is 0 Å². The second kappa shape index (κ2) is 8.04. The van der Waals surface area contributed by atoms with Gasteiger partial charge in [-0.25, -0.2) is 0 Å². The van der Waals surface area contributed by atoms with Gasteiger partial charge in [-0.15, -0.1) is 0 Å². The molecule has 0 aliphatic heterocycles. The third-order valence-corrected chi connectivity index (χ3v) is 4.00. The first-order chi connectivity index (χ1) is 12.2. The number of carbonyl (C=O) groups is 2. The third-order valence-electron chi connectivity index (χ3n) is 4.00. The van der Waals surface area contributed by atoms with Crippen LogP contribution in [-0.4, -0.2) is 23.4 Å². The first-order valence-electron chi connectivity index (χ1n) is 8.60. The van der Waals surface area contributed by atoms with Crippen LogP contribution >= 0.6 is 0 Å². The van der Waals surface area contributed by atoms with Crippen LogP contribution in [0.5, 0.6) is 11.5 Å². The Labute approximate surface area is 154 Å². The Kier molecular flexibility index (Phi) is 6.03. The highest BCUT2D eigenvalue weighted by Crippen LogP contribution is 2.30. The van der Waals surface area contributed by atoms with Gasteiger partial charge in [0, 0.05) is 12.0 Å². The Balaban J connectivity index is 1.98. The summed E-state index contributed by atoms with van der Waals surface area (Å²) in [5, 5.41) is 12.6. The monoisotopic (exact) mass is 355 g/mol. The third kappa shape index (κ3) is 5.09. The molecule has 2 rings (SSSR count). The molecule has 0 spiro atoms. The van der Waals surface area contributed by atoms with Crippen molar-refractivity contribution in [3.05, 3.63) is 53.6 Å². The Bertz CT molecular complexity index is 789. The van der Waals surface area contributed by atoms with Crippen molar-refractivity contribution in [3.63, 3.8) is 0 Å². The van der Waals surface area contributed by atoms with E-state index in [9.17, 15) is 14.7 Å². The summed E-state index contributed by atoms with van der Waals surface area (Å²) >= 11 is 0. The number of aromatic hydroxyl groups is 1. The van der Waals surface area contributed by atoms with E-state index in [-0.39, 0.29) is 29.5 Å². The van der Waals surface area contributed by atoms with Gasteiger partial charge in [0.1, 0.15) is 11.5 Å². The number of ketones is 1. The van der Waals surface area contributed by atoms with Gasteiger partial charge in [0.05, 0.1) is 5.69 Å². The summed E-state index contributed by atoms with van der Waals surface area (Å²) in [5.74, 6) is 0.192. The molecule has 0 aliphatic rings. The first kappa shape index (κ1) is 19.5. The van der Waals surface area contributed by atoms with Crippen molar-refractivity contribution in [3.8, 4) is 11.5 Å². The van der Waals surface area contributed by atoms with Gasteiger partial charge < -0.3 is 15.2 Å². The summed E-state index contributed by atoms with van der Waals surface area (Å²) in [5.41, 5.74) is 1.88. The average molecular weight is 355 g/mol. The second-order valence-electron chi connectivity index (χ2n) is 7.12. The number of rotatable bonds is 6. The van der Waals surface area contributed by atoms with Crippen molar-refractivity contribution in [2.24, 2.45) is 0 Å². The topological polar surface area (TPSA) is 75.6 Å². The standard InChI is InChI=1S/C21H25NO4/c1-5-18(23)14-6-9-16(10-7-14)26-13-20(25)22-17-12-15(21(2,3)4)8-11-19(17)24/h6-12,24H,5,13H2,1-4H3,(H,22,25). The molecule has 0 radical (unpaired) electrons. The summed E-state index contributed by atoms with van der Waals surface area (Å²) in [6, 6.07) is 11.8. The Morgan fingerprint density at radius 3 is 2.31 bits per heavy atom. The molecule has 2 aromatic carbocycles. The molecule has 0 saturated heterocycles. The van der Waals surface area contributed by atoms with E-state index in [0.29, 0.717) is 23.4 Å². The number of hydrogen-bond donors (Lipinski definition) is 2. The molecule has 138 valence electrons. The minimum absolute atomic E-state index is 0.00813. The SMILES string of the molecule is CCC(=O)c1ccc(OCC(=O)Nc2cc(C(C)(C)C)ccc2O)cc1. The van der Waals surface area contributed by atoms with Gasteiger partial charge >= 0.3 is 0 Å². The lowest BCUT2D eigenvalue weighted by atomic mass is 9.87. The Hall–Kier alpha value is -2.82. The van der Waals surface area contributed by atoms with E-state index in [1.807, 2.05) is 6.07 Å². The van der Waals surface area contributed by atoms with Gasteiger partial charge in [0.25, 0.3) is 5.91 Å². The fourth-order valence-corrected chi connectivity index (χ4v) is 2.38. The fourth-order valence-electron chi connectivity index (χ4n) is 2.38. The van der Waals surface area contributed by atoms with Crippen LogP contribution in [0.15, 0.2) is 42.5 Å². The zero-order chi connectivity index (χ0) is 19.3. The lowest BCUT2D eigenvalue weighted by molar-refractivity contribution is -0.118. The molecule has 0 fully saturated rings. The molecule has 26 heavy (non-hydrogen) atoms. The van der Waals surface area contributed by atoms with Crippen molar-refractivity contribution in [1.29, 1.82) is 0 Å². The molecule has 2 N–H and O–H groups in total. The summed E-state index contributed by atoms with van der Waals surface area (Å²) in [6.45, 7) is 7.78. The predicted molar refractivity (Wildman–Crippen MR) is 102 cm³/mol. The smallest absolute Gasteiger partial charge is 0.262 e. The normalized spacial score (nSPS) is 11.1. The summed E-state index contributed by atoms with van der Waals surface area (Å²) < 4.78 is 5.44. The number of benzene rings is 2. The number of phenols is 1. The molecule has 0 aromatic heterocycles. The van der Waals surface area contributed by atoms with Gasteiger partial charge in [0.2, 0.25) is 0 Å². The van der Waals surface area contributed by atoms with Crippen molar-refractivity contribution in [2.45, 2.75) is 39.5 Å². The predicted octanol–water partition coefficient (Wildman–Crippen LogP) is 4.30. The largest absolute Gasteiger partial charge is 0.506 e. The van der Waals surface area contributed by atoms with Gasteiger partial charge in [-0.2, -0.15) is 0 Å². The molecular weight excluding hydrogens is 330 g/mol. The zero-order valence-corrected chi connectivity index (χ0v) is 15.6. The quantitative estimate of drug-likeness (QED) is 0.598. The van der Waals surface area contributed by atoms with Gasteiger partial charge in [-0.05, 0) is 47.4 Å². The minimum Gasteiger partial charge on any atom is -0.506 e. The lowest BCUT2D eigenvalue weighted by Crippen LogP contribution is -2.21. The minimum atomic E-state index is -0.375. The molecule has 0 atom stereocenters. The number of nitrogens with one attached hydrogen (secondary N) is 1. The zero-order valence-electron chi connectivity index (χ0n) is 15.6. The molecule has 0 unspecified atom stereocenters. The molecule has 5 nitrogen and oxygen atoms in total. The number of anilines is 1. The molecule has 0 aliphatic carbocycles. The van der Waals surface area contributed by atoms with E-state index in [1.165, 1.54) is 0 Å². The molecular formula is C21H25NO4. The van der Waals surface area contributed by atoms with Crippen LogP contribution in [0.3, 0.4) is 0 Å². The van der Waals surface area contributed by atoms with Gasteiger partial charge in [-0.1, -0.05) is 33.8 Å². The Morgan fingerprint density at radius 2 is 1.73 bits per heavy atom. The maximum Gasteiger partial charge on any atom is 0.262 e. The van der Waals surface area contributed by atoms with Crippen LogP contribution in [-0.2, 0) is 10.2 Å². The Morgan fingerprint density at radius 1 is 1.08 bits per heavy atom. The average Bonchev–Trinajstić information content (AvgIpc) is 2.60. The van der Waals surface area contributed by atoms with E-state index in [4.69, 9.17) is 4.74 Å². The van der Waals surface area contributed by atoms with E-state index in [0.717, 1.165) is 5.56 Å². The van der Waals surface area contributed by atoms with Crippen LogP contribution in [0.25, 0.3) is 0 Å². The van der Waals surface area contributed by atoms with Crippen molar-refractivity contribution in [1.82, 2.24) is 0 Å². The highest BCUT2D eigenvalue weighted by atomic mass is 16.5. The van der Waals surface area contributed by atoms with Crippen LogP contribution in [0, 0.1) is 0 Å². The van der Waals surface area contributed by atoms with Crippen LogP contribution < -0.4 is 10.1 Å². The maximum absolute atomic E-state index is 12.1. The van der Waals surface area contributed by atoms with E-state index in [2.05, 4.69) is 26.1 Å². The molecule has 0 bridgehead atoms. The van der Waals surface area contributed by atoms with Crippen LogP contribution in [0.1, 0.15) is 50.0 Å². The number of amides is 1. The first-order valence-corrected chi connectivity index (χ1v) is 8.60. The molecule has 2 aromatic rings. The van der Waals surface area contributed by atoms with Crippen molar-refractivity contribution >= 4 is 17.4 Å². The molecule has 0 heterocycles. The molecule has 0 saturated carbocycles. The lowest BCUT2D eigenvalue weighted by Gasteiger charge is -2.20. The number of ether oxygens (including phenoxy) is 1. The number of hydrogen-bond acceptors (Lipinski definition) is 4. The van der Waals surface area contributed by atoms with E-state index < -0.39 is 0 Å². The number of Topliss-reactive ketones (excluding diaryl/α,β-unsaturated/α-hetero) is 1. The number of carbonyl (C=O) groups excluding carboxylic acids is 2. The molecule has 1 amide bonds. The molecule has 5 heteroatoms. The summed E-state index contributed by atoms with van der Waals surface area (Å²) in [7, 11) is 0. The van der Waals surface area contributed by atoms with E-state index in [1.54, 1.807) is 43.3 Å². The highest BCUT2D eigenvalue weighted by Gasteiger charge is 2.16. The van der Waals surface area contributed by atoms with Crippen LogP contribution in [0.4, 0.5) is 5.69 Å². The second-order valence-corrected chi connectivity index (χ2v) is 7.12. The highest BCUT2D eigenvalue weighted by molar-refractivity contribution is 5.96. The van der Waals surface area contributed by atoms with Gasteiger partial charge in [0.15, 0.2) is 12.4 Å². The fraction of sp³-hybridized carbons (Fsp3) is 0.333. The number of phenolic OH excluding ortho intramolecular Hbond substituents is 1.